The molecule has 20 heavy (non-hydrogen) atoms. The van der Waals surface area contributed by atoms with Crippen molar-refractivity contribution in [3.8, 4) is 0 Å². The van der Waals surface area contributed by atoms with E-state index >= 15 is 0 Å². The second kappa shape index (κ2) is 5.22. The summed E-state index contributed by atoms with van der Waals surface area (Å²) < 4.78 is 0. The summed E-state index contributed by atoms with van der Waals surface area (Å²) in [6.45, 7) is -0.216. The predicted molar refractivity (Wildman–Crippen MR) is 76.2 cm³/mol. The van der Waals surface area contributed by atoms with Crippen molar-refractivity contribution in [1.29, 1.82) is 0 Å². The number of hydrogen-bond acceptors (Lipinski definition) is 5. The molecule has 5 nitrogen and oxygen atoms in total. The average Bonchev–Trinajstić information content (AvgIpc) is 2.56. The van der Waals surface area contributed by atoms with Crippen LogP contribution in [0, 0.1) is 0 Å². The maximum absolute atomic E-state index is 9.67. The van der Waals surface area contributed by atoms with Gasteiger partial charge in [0.15, 0.2) is 0 Å². The number of hydrogen-bond donors (Lipinski definition) is 2. The topological polar surface area (TPSA) is 69.3 Å². The maximum Gasteiger partial charge on any atom is 0.214 e. The second-order valence-corrected chi connectivity index (χ2v) is 4.50. The molecule has 0 saturated carbocycles. The lowest BCUT2D eigenvalue weighted by atomic mass is 10.0. The number of rotatable bonds is 3. The smallest absolute Gasteiger partial charge is 0.214 e. The minimum absolute atomic E-state index is 0.216. The monoisotopic (exact) mass is 266 g/mol. The van der Waals surface area contributed by atoms with Gasteiger partial charge in [-0.2, -0.15) is 5.10 Å². The van der Waals surface area contributed by atoms with Gasteiger partial charge in [-0.1, -0.05) is 60.7 Å². The van der Waals surface area contributed by atoms with Crippen LogP contribution in [0.25, 0.3) is 0 Å². The van der Waals surface area contributed by atoms with Crippen LogP contribution in [-0.2, 0) is 5.66 Å². The largest absolute Gasteiger partial charge is 0.391 e. The number of nitrogens with zero attached hydrogens (tertiary/aromatic N) is 3. The third kappa shape index (κ3) is 2.19. The molecule has 0 aromatic heterocycles. The molecule has 0 saturated heterocycles. The molecule has 0 fully saturated rings. The fourth-order valence-corrected chi connectivity index (χ4v) is 2.03. The highest BCUT2D eigenvalue weighted by Gasteiger charge is 2.33. The minimum Gasteiger partial charge on any atom is -0.391 e. The van der Waals surface area contributed by atoms with E-state index in [0.29, 0.717) is 5.84 Å². The molecular formula is C15H14N4O. The molecule has 0 bridgehead atoms. The van der Waals surface area contributed by atoms with Crippen LogP contribution in [0.2, 0.25) is 0 Å². The molecule has 2 N–H and O–H groups in total. The summed E-state index contributed by atoms with van der Waals surface area (Å²) in [5, 5.41) is 22.3. The highest BCUT2D eigenvalue weighted by molar-refractivity contribution is 5.99. The lowest BCUT2D eigenvalue weighted by molar-refractivity contribution is 0.159. The number of azo groups is 1. The van der Waals surface area contributed by atoms with Crippen molar-refractivity contribution in [3.63, 3.8) is 0 Å². The molecule has 2 aromatic carbocycles. The number of aliphatic hydroxyl groups is 1. The Balaban J connectivity index is 1.91. The first-order valence-corrected chi connectivity index (χ1v) is 6.34. The number of hydrazone groups is 1. The molecule has 0 amide bonds. The standard InChI is InChI=1S/C15H14N4O/c20-11-15(13-9-5-2-6-10-13)18-16-14(17-19-15)12-7-3-1-4-8-12/h1-10,18,20H,11H2. The quantitative estimate of drug-likeness (QED) is 0.894. The van der Waals surface area contributed by atoms with Gasteiger partial charge in [0.2, 0.25) is 11.5 Å². The van der Waals surface area contributed by atoms with Crippen molar-refractivity contribution >= 4 is 5.84 Å². The Morgan fingerprint density at radius 1 is 0.950 bits per heavy atom. The number of benzene rings is 2. The van der Waals surface area contributed by atoms with E-state index in [9.17, 15) is 5.11 Å². The molecule has 1 aliphatic heterocycles. The van der Waals surface area contributed by atoms with E-state index in [0.717, 1.165) is 11.1 Å². The summed E-state index contributed by atoms with van der Waals surface area (Å²) in [5.74, 6) is 0.505. The van der Waals surface area contributed by atoms with Gasteiger partial charge in [-0.25, -0.2) is 0 Å². The number of aliphatic hydroxyl groups excluding tert-OH is 1. The van der Waals surface area contributed by atoms with Crippen molar-refractivity contribution in [2.75, 3.05) is 6.61 Å². The zero-order chi connectivity index (χ0) is 13.8. The van der Waals surface area contributed by atoms with Crippen molar-refractivity contribution < 1.29 is 5.11 Å². The molecule has 0 aliphatic carbocycles. The van der Waals surface area contributed by atoms with Crippen LogP contribution in [-0.4, -0.2) is 17.5 Å². The molecule has 0 radical (unpaired) electrons. The molecule has 0 spiro atoms. The van der Waals surface area contributed by atoms with Gasteiger partial charge in [0, 0.05) is 11.1 Å². The van der Waals surface area contributed by atoms with E-state index in [4.69, 9.17) is 0 Å². The molecule has 2 aromatic rings. The zero-order valence-corrected chi connectivity index (χ0v) is 10.8. The first-order chi connectivity index (χ1) is 9.84. The lowest BCUT2D eigenvalue weighted by Crippen LogP contribution is -2.43. The van der Waals surface area contributed by atoms with E-state index in [1.165, 1.54) is 0 Å². The van der Waals surface area contributed by atoms with Crippen LogP contribution in [0.5, 0.6) is 0 Å². The third-order valence-corrected chi connectivity index (χ3v) is 3.17. The Morgan fingerprint density at radius 3 is 2.15 bits per heavy atom. The van der Waals surface area contributed by atoms with Gasteiger partial charge in [-0.05, 0) is 0 Å². The molecule has 1 aliphatic rings. The molecule has 1 atom stereocenters. The zero-order valence-electron chi connectivity index (χ0n) is 10.8. The van der Waals surface area contributed by atoms with Crippen LogP contribution in [0.1, 0.15) is 11.1 Å². The Hall–Kier alpha value is -2.53. The molecule has 1 unspecified atom stereocenters. The maximum atomic E-state index is 9.67. The van der Waals surface area contributed by atoms with Gasteiger partial charge in [-0.3, -0.25) is 5.43 Å². The van der Waals surface area contributed by atoms with Gasteiger partial charge < -0.3 is 5.11 Å². The molecular weight excluding hydrogens is 252 g/mol. The first-order valence-electron chi connectivity index (χ1n) is 6.34. The number of amidine groups is 1. The number of nitrogens with one attached hydrogen (secondary N) is 1. The summed E-state index contributed by atoms with van der Waals surface area (Å²) in [5.41, 5.74) is 3.62. The summed E-state index contributed by atoms with van der Waals surface area (Å²) in [6, 6.07) is 19.0. The molecule has 3 rings (SSSR count). The van der Waals surface area contributed by atoms with Gasteiger partial charge in [-0.15, -0.1) is 10.2 Å². The van der Waals surface area contributed by atoms with Crippen molar-refractivity contribution in [3.05, 3.63) is 71.8 Å². The minimum atomic E-state index is -1.00. The van der Waals surface area contributed by atoms with Crippen LogP contribution in [0.4, 0.5) is 0 Å². The lowest BCUT2D eigenvalue weighted by Gasteiger charge is -2.28. The normalized spacial score (nSPS) is 21.1. The van der Waals surface area contributed by atoms with Crippen LogP contribution < -0.4 is 5.43 Å². The second-order valence-electron chi connectivity index (χ2n) is 4.50. The van der Waals surface area contributed by atoms with Crippen LogP contribution >= 0.6 is 0 Å². The summed E-state index contributed by atoms with van der Waals surface area (Å²) in [4.78, 5) is 0. The molecule has 100 valence electrons. The van der Waals surface area contributed by atoms with Crippen LogP contribution in [0.3, 0.4) is 0 Å². The van der Waals surface area contributed by atoms with E-state index in [1.54, 1.807) is 0 Å². The van der Waals surface area contributed by atoms with Gasteiger partial charge in [0.25, 0.3) is 0 Å². The Labute approximate surface area is 116 Å². The Bertz CT molecular complexity index is 639. The Kier molecular flexibility index (Phi) is 3.26. The molecule has 5 heteroatoms. The van der Waals surface area contributed by atoms with Gasteiger partial charge in [0.1, 0.15) is 0 Å². The SMILES string of the molecule is OCC1(c2ccccc2)N=NC(c2ccccc2)=NN1. The van der Waals surface area contributed by atoms with E-state index in [2.05, 4.69) is 20.8 Å². The highest BCUT2D eigenvalue weighted by Crippen LogP contribution is 2.25. The van der Waals surface area contributed by atoms with Crippen molar-refractivity contribution in [1.82, 2.24) is 5.43 Å². The van der Waals surface area contributed by atoms with E-state index < -0.39 is 5.66 Å². The fourth-order valence-electron chi connectivity index (χ4n) is 2.03. The molecule has 1 heterocycles. The van der Waals surface area contributed by atoms with E-state index in [1.807, 2.05) is 60.7 Å². The van der Waals surface area contributed by atoms with Crippen LogP contribution in [0.15, 0.2) is 76.0 Å². The third-order valence-electron chi connectivity index (χ3n) is 3.17. The Morgan fingerprint density at radius 2 is 1.60 bits per heavy atom. The van der Waals surface area contributed by atoms with E-state index in [-0.39, 0.29) is 6.61 Å². The first kappa shape index (κ1) is 12.5. The summed E-state index contributed by atoms with van der Waals surface area (Å²) in [6.07, 6.45) is 0. The average molecular weight is 266 g/mol. The highest BCUT2D eigenvalue weighted by atomic mass is 16.3. The summed E-state index contributed by atoms with van der Waals surface area (Å²) in [7, 11) is 0. The predicted octanol–water partition coefficient (Wildman–Crippen LogP) is 2.25. The van der Waals surface area contributed by atoms with Crippen molar-refractivity contribution in [2.24, 2.45) is 15.3 Å². The summed E-state index contributed by atoms with van der Waals surface area (Å²) >= 11 is 0. The van der Waals surface area contributed by atoms with Gasteiger partial charge in [0.05, 0.1) is 6.61 Å². The van der Waals surface area contributed by atoms with Gasteiger partial charge >= 0.3 is 0 Å². The van der Waals surface area contributed by atoms with Crippen molar-refractivity contribution in [2.45, 2.75) is 5.66 Å². The fraction of sp³-hybridized carbons (Fsp3) is 0.133.